The molecule has 3 atom stereocenters. The molecule has 2 aliphatic rings. The lowest BCUT2D eigenvalue weighted by Crippen LogP contribution is -2.48. The fraction of sp³-hybridized carbons (Fsp3) is 0.455. The van der Waals surface area contributed by atoms with Gasteiger partial charge in [0.25, 0.3) is 5.91 Å². The minimum Gasteiger partial charge on any atom is -0.396 e. The molecule has 2 aliphatic heterocycles. The van der Waals surface area contributed by atoms with Gasteiger partial charge in [0.05, 0.1) is 6.61 Å². The highest BCUT2D eigenvalue weighted by molar-refractivity contribution is 6.21. The van der Waals surface area contributed by atoms with Gasteiger partial charge in [-0.25, -0.2) is 0 Å². The molecule has 0 bridgehead atoms. The molecule has 7 heteroatoms. The van der Waals surface area contributed by atoms with Crippen molar-refractivity contribution in [2.24, 2.45) is 0 Å². The van der Waals surface area contributed by atoms with Crippen molar-refractivity contribution in [1.29, 1.82) is 0 Å². The number of Topliss-reactive ketones (excluding diaryl/α,β-unsaturated/α-hetero) is 1. The Labute approximate surface area is 170 Å². The van der Waals surface area contributed by atoms with E-state index in [-0.39, 0.29) is 19.6 Å². The monoisotopic (exact) mass is 403 g/mol. The normalized spacial score (nSPS) is 30.6. The predicted octanol–water partition coefficient (Wildman–Crippen LogP) is 1.23. The van der Waals surface area contributed by atoms with E-state index in [1.54, 1.807) is 19.1 Å². The van der Waals surface area contributed by atoms with Crippen molar-refractivity contribution in [3.05, 3.63) is 58.7 Å². The van der Waals surface area contributed by atoms with Gasteiger partial charge in [-0.15, -0.1) is 0 Å². The summed E-state index contributed by atoms with van der Waals surface area (Å²) in [7, 11) is 0. The molecule has 7 nitrogen and oxygen atoms in total. The number of carbonyl (C=O) groups excluding carboxylic acids is 2. The summed E-state index contributed by atoms with van der Waals surface area (Å²) in [6.07, 6.45) is 9.69. The fourth-order valence-electron chi connectivity index (χ4n) is 3.43. The van der Waals surface area contributed by atoms with Crippen LogP contribution in [0, 0.1) is 0 Å². The number of aliphatic hydroxyl groups is 3. The number of ketones is 1. The molecule has 1 amide bonds. The molecule has 2 rings (SSSR count). The van der Waals surface area contributed by atoms with Gasteiger partial charge in [-0.3, -0.25) is 9.59 Å². The van der Waals surface area contributed by atoms with Crippen molar-refractivity contribution in [2.75, 3.05) is 13.2 Å². The molecule has 0 aliphatic carbocycles. The Bertz CT molecular complexity index is 834. The topological polar surface area (TPSA) is 119 Å². The summed E-state index contributed by atoms with van der Waals surface area (Å²) >= 11 is 0. The molecule has 4 N–H and O–H groups in total. The summed E-state index contributed by atoms with van der Waals surface area (Å²) in [4.78, 5) is 25.0. The van der Waals surface area contributed by atoms with Gasteiger partial charge in [0.15, 0.2) is 11.8 Å². The lowest BCUT2D eigenvalue weighted by atomic mass is 9.92. The van der Waals surface area contributed by atoms with Gasteiger partial charge in [-0.05, 0) is 38.8 Å². The van der Waals surface area contributed by atoms with Crippen molar-refractivity contribution in [3.8, 4) is 0 Å². The minimum atomic E-state index is -1.72. The van der Waals surface area contributed by atoms with E-state index < -0.39 is 29.1 Å². The van der Waals surface area contributed by atoms with E-state index in [1.165, 1.54) is 0 Å². The molecule has 0 saturated carbocycles. The zero-order valence-electron chi connectivity index (χ0n) is 17.2. The van der Waals surface area contributed by atoms with E-state index in [9.17, 15) is 19.8 Å². The first-order valence-corrected chi connectivity index (χ1v) is 9.50. The van der Waals surface area contributed by atoms with Crippen LogP contribution in [0.2, 0.25) is 0 Å². The molecular formula is C22H29NO6. The SMILES string of the molecule is C\C=C(/C=C(C)/C=C(C)/C=C/C=C(\C)C(=O)[C@]12O[C@H]1[C@@](O)(CCO)NC2=O)CO. The number of nitrogens with one attached hydrogen (secondary N) is 1. The van der Waals surface area contributed by atoms with E-state index >= 15 is 0 Å². The molecular weight excluding hydrogens is 374 g/mol. The van der Waals surface area contributed by atoms with E-state index in [4.69, 9.17) is 9.84 Å². The third kappa shape index (κ3) is 4.64. The third-order valence-electron chi connectivity index (χ3n) is 5.03. The second-order valence-electron chi connectivity index (χ2n) is 7.42. The lowest BCUT2D eigenvalue weighted by molar-refractivity contribution is -0.138. The first-order chi connectivity index (χ1) is 13.6. The molecule has 0 aromatic carbocycles. The Kier molecular flexibility index (Phi) is 7.13. The van der Waals surface area contributed by atoms with Crippen LogP contribution < -0.4 is 5.32 Å². The highest BCUT2D eigenvalue weighted by Crippen LogP contribution is 2.50. The number of allylic oxidation sites excluding steroid dienone is 7. The molecule has 0 radical (unpaired) electrons. The maximum Gasteiger partial charge on any atom is 0.265 e. The number of amides is 1. The third-order valence-corrected chi connectivity index (χ3v) is 5.03. The molecule has 29 heavy (non-hydrogen) atoms. The van der Waals surface area contributed by atoms with E-state index in [1.807, 2.05) is 45.1 Å². The van der Waals surface area contributed by atoms with Crippen molar-refractivity contribution in [3.63, 3.8) is 0 Å². The van der Waals surface area contributed by atoms with Gasteiger partial charge in [-0.1, -0.05) is 47.6 Å². The van der Waals surface area contributed by atoms with Gasteiger partial charge < -0.3 is 25.4 Å². The van der Waals surface area contributed by atoms with Gasteiger partial charge in [-0.2, -0.15) is 0 Å². The lowest BCUT2D eigenvalue weighted by Gasteiger charge is -2.22. The standard InChI is InChI=1S/C22H29NO6/c1-5-17(13-25)12-15(3)11-14(2)7-6-8-16(4)18(26)22-19(29-22)21(28,9-10-24)23-20(22)27/h5-8,11-12,19,24-25,28H,9-10,13H2,1-4H3,(H,23,27)/b7-6+,14-11+,15-12+,16-8+,17-5+/t19-,21-,22-/m0/s1. The first kappa shape index (κ1) is 23.0. The molecule has 0 unspecified atom stereocenters. The van der Waals surface area contributed by atoms with Gasteiger partial charge >= 0.3 is 0 Å². The maximum atomic E-state index is 12.7. The van der Waals surface area contributed by atoms with Gasteiger partial charge in [0.1, 0.15) is 0 Å². The number of hydrogen-bond acceptors (Lipinski definition) is 6. The Morgan fingerprint density at radius 2 is 1.90 bits per heavy atom. The second kappa shape index (κ2) is 9.00. The van der Waals surface area contributed by atoms with E-state index in [2.05, 4.69) is 5.32 Å². The molecule has 2 saturated heterocycles. The Hall–Kier alpha value is -2.32. The first-order valence-electron chi connectivity index (χ1n) is 9.50. The summed E-state index contributed by atoms with van der Waals surface area (Å²) in [5, 5.41) is 31.0. The molecule has 2 fully saturated rings. The van der Waals surface area contributed by atoms with Crippen molar-refractivity contribution < 1.29 is 29.6 Å². The summed E-state index contributed by atoms with van der Waals surface area (Å²) in [6.45, 7) is 6.92. The summed E-state index contributed by atoms with van der Waals surface area (Å²) in [5.74, 6) is -1.18. The number of morpholine rings is 1. The highest BCUT2D eigenvalue weighted by Gasteiger charge is 2.80. The fourth-order valence-corrected chi connectivity index (χ4v) is 3.43. The summed E-state index contributed by atoms with van der Waals surface area (Å²) in [6, 6.07) is 0. The number of carbonyl (C=O) groups is 2. The zero-order valence-corrected chi connectivity index (χ0v) is 17.2. The van der Waals surface area contributed by atoms with Crippen molar-refractivity contribution >= 4 is 11.7 Å². The van der Waals surface area contributed by atoms with Gasteiger partial charge in [0, 0.05) is 13.0 Å². The van der Waals surface area contributed by atoms with Crippen LogP contribution >= 0.6 is 0 Å². The zero-order chi connectivity index (χ0) is 21.8. The van der Waals surface area contributed by atoms with Gasteiger partial charge in [0.2, 0.25) is 11.4 Å². The van der Waals surface area contributed by atoms with Crippen LogP contribution in [0.15, 0.2) is 58.7 Å². The van der Waals surface area contributed by atoms with Crippen LogP contribution in [0.25, 0.3) is 0 Å². The van der Waals surface area contributed by atoms with Crippen LogP contribution in [0.4, 0.5) is 0 Å². The number of epoxide rings is 1. The Morgan fingerprint density at radius 3 is 2.45 bits per heavy atom. The highest BCUT2D eigenvalue weighted by atomic mass is 16.6. The average Bonchev–Trinajstić information content (AvgIpc) is 3.39. The van der Waals surface area contributed by atoms with Crippen LogP contribution in [0.1, 0.15) is 34.1 Å². The van der Waals surface area contributed by atoms with Crippen molar-refractivity contribution in [2.45, 2.75) is 51.5 Å². The number of fused-ring (bicyclic) bond motifs is 1. The molecule has 2 heterocycles. The molecule has 0 spiro atoms. The largest absolute Gasteiger partial charge is 0.396 e. The summed E-state index contributed by atoms with van der Waals surface area (Å²) in [5.41, 5.74) is -0.352. The minimum absolute atomic E-state index is 0.0214. The van der Waals surface area contributed by atoms with Crippen molar-refractivity contribution in [1.82, 2.24) is 5.32 Å². The quantitative estimate of drug-likeness (QED) is 0.199. The Morgan fingerprint density at radius 1 is 1.21 bits per heavy atom. The molecule has 158 valence electrons. The van der Waals surface area contributed by atoms with Crippen LogP contribution in [-0.2, 0) is 14.3 Å². The number of ether oxygens (including phenoxy) is 1. The molecule has 0 aromatic heterocycles. The van der Waals surface area contributed by atoms with Crippen LogP contribution in [-0.4, -0.2) is 57.7 Å². The van der Waals surface area contributed by atoms with Crippen LogP contribution in [0.3, 0.4) is 0 Å². The second-order valence-corrected chi connectivity index (χ2v) is 7.42. The van der Waals surface area contributed by atoms with E-state index in [0.717, 1.165) is 16.7 Å². The number of rotatable bonds is 9. The number of aliphatic hydroxyl groups excluding tert-OH is 2. The average molecular weight is 403 g/mol. The smallest absolute Gasteiger partial charge is 0.265 e. The maximum absolute atomic E-state index is 12.7. The van der Waals surface area contributed by atoms with E-state index in [0.29, 0.717) is 5.57 Å². The number of hydrogen-bond donors (Lipinski definition) is 4. The molecule has 0 aromatic rings. The Balaban J connectivity index is 2.08. The van der Waals surface area contributed by atoms with Crippen LogP contribution in [0.5, 0.6) is 0 Å². The summed E-state index contributed by atoms with van der Waals surface area (Å²) < 4.78 is 5.31. The predicted molar refractivity (Wildman–Crippen MR) is 109 cm³/mol.